The van der Waals surface area contributed by atoms with Crippen LogP contribution in [0.25, 0.3) is 0 Å². The minimum absolute atomic E-state index is 0.111. The maximum absolute atomic E-state index is 12.3. The van der Waals surface area contributed by atoms with E-state index in [0.717, 1.165) is 24.8 Å². The van der Waals surface area contributed by atoms with Gasteiger partial charge >= 0.3 is 5.97 Å². The van der Waals surface area contributed by atoms with E-state index in [1.165, 1.54) is 4.90 Å². The summed E-state index contributed by atoms with van der Waals surface area (Å²) >= 11 is 0. The van der Waals surface area contributed by atoms with Gasteiger partial charge in [0.1, 0.15) is 6.04 Å². The van der Waals surface area contributed by atoms with E-state index in [2.05, 4.69) is 4.98 Å². The molecule has 1 aliphatic rings. The van der Waals surface area contributed by atoms with Crippen LogP contribution in [0.2, 0.25) is 0 Å². The summed E-state index contributed by atoms with van der Waals surface area (Å²) in [6.07, 6.45) is 6.81. The van der Waals surface area contributed by atoms with E-state index in [0.29, 0.717) is 13.0 Å². The highest BCUT2D eigenvalue weighted by molar-refractivity contribution is 5.85. The van der Waals surface area contributed by atoms with Gasteiger partial charge in [-0.3, -0.25) is 9.78 Å². The van der Waals surface area contributed by atoms with E-state index in [4.69, 9.17) is 0 Å². The van der Waals surface area contributed by atoms with Gasteiger partial charge in [-0.1, -0.05) is 12.8 Å². The predicted molar refractivity (Wildman–Crippen MR) is 69.5 cm³/mol. The third-order valence-electron chi connectivity index (χ3n) is 3.46. The predicted octanol–water partition coefficient (Wildman–Crippen LogP) is 1.48. The van der Waals surface area contributed by atoms with Crippen LogP contribution in [0.3, 0.4) is 0 Å². The monoisotopic (exact) mass is 262 g/mol. The van der Waals surface area contributed by atoms with Crippen molar-refractivity contribution in [3.63, 3.8) is 0 Å². The van der Waals surface area contributed by atoms with Crippen molar-refractivity contribution in [3.05, 3.63) is 30.1 Å². The van der Waals surface area contributed by atoms with Gasteiger partial charge in [0.25, 0.3) is 0 Å². The Labute approximate surface area is 112 Å². The Morgan fingerprint density at radius 1 is 1.26 bits per heavy atom. The number of carbonyl (C=O) groups is 2. The zero-order valence-electron chi connectivity index (χ0n) is 10.8. The highest BCUT2D eigenvalue weighted by Crippen LogP contribution is 2.18. The van der Waals surface area contributed by atoms with E-state index in [1.54, 1.807) is 24.5 Å². The Bertz CT molecular complexity index is 447. The van der Waals surface area contributed by atoms with Crippen LogP contribution in [0.5, 0.6) is 0 Å². The molecule has 2 rings (SSSR count). The molecule has 1 amide bonds. The maximum atomic E-state index is 12.3. The second kappa shape index (κ2) is 6.31. The fourth-order valence-corrected chi connectivity index (χ4v) is 2.44. The number of nitrogens with zero attached hydrogens (tertiary/aromatic N) is 2. The van der Waals surface area contributed by atoms with Crippen LogP contribution < -0.4 is 0 Å². The first-order valence-electron chi connectivity index (χ1n) is 6.59. The van der Waals surface area contributed by atoms with E-state index >= 15 is 0 Å². The minimum atomic E-state index is -0.898. The molecular formula is C14H18N2O3. The fourth-order valence-electron chi connectivity index (χ4n) is 2.44. The van der Waals surface area contributed by atoms with Crippen molar-refractivity contribution in [2.24, 2.45) is 0 Å². The number of rotatable bonds is 3. The van der Waals surface area contributed by atoms with Crippen LogP contribution in [0.4, 0.5) is 0 Å². The molecule has 0 saturated carbocycles. The number of likely N-dealkylation sites (tertiary alicyclic amines) is 1. The summed E-state index contributed by atoms with van der Waals surface area (Å²) < 4.78 is 0. The number of carbonyl (C=O) groups excluding carboxylic acids is 1. The molecule has 5 heteroatoms. The van der Waals surface area contributed by atoms with Crippen LogP contribution in [0, 0.1) is 0 Å². The van der Waals surface area contributed by atoms with E-state index in [-0.39, 0.29) is 12.3 Å². The van der Waals surface area contributed by atoms with Gasteiger partial charge in [-0.15, -0.1) is 0 Å². The van der Waals surface area contributed by atoms with E-state index in [1.807, 2.05) is 0 Å². The van der Waals surface area contributed by atoms with Crippen LogP contribution in [0.15, 0.2) is 24.5 Å². The standard InChI is InChI=1S/C14H18N2O3/c17-13(10-11-5-7-15-8-6-11)16-9-3-1-2-4-12(16)14(18)19/h5-8,12H,1-4,9-10H2,(H,18,19). The lowest BCUT2D eigenvalue weighted by Gasteiger charge is -2.27. The third-order valence-corrected chi connectivity index (χ3v) is 3.46. The fraction of sp³-hybridized carbons (Fsp3) is 0.500. The number of aliphatic carboxylic acids is 1. The van der Waals surface area contributed by atoms with Crippen LogP contribution in [-0.4, -0.2) is 39.5 Å². The summed E-state index contributed by atoms with van der Waals surface area (Å²) in [4.78, 5) is 29.0. The van der Waals surface area contributed by atoms with Crippen molar-refractivity contribution in [2.75, 3.05) is 6.54 Å². The Hall–Kier alpha value is -1.91. The summed E-state index contributed by atoms with van der Waals surface area (Å²) in [5.41, 5.74) is 0.869. The number of hydrogen-bond acceptors (Lipinski definition) is 3. The number of pyridine rings is 1. The maximum Gasteiger partial charge on any atom is 0.326 e. The summed E-state index contributed by atoms with van der Waals surface area (Å²) in [6, 6.07) is 2.90. The van der Waals surface area contributed by atoms with Gasteiger partial charge in [-0.05, 0) is 30.5 Å². The zero-order valence-corrected chi connectivity index (χ0v) is 10.8. The zero-order chi connectivity index (χ0) is 13.7. The highest BCUT2D eigenvalue weighted by atomic mass is 16.4. The molecule has 1 aliphatic heterocycles. The number of aromatic nitrogens is 1. The highest BCUT2D eigenvalue weighted by Gasteiger charge is 2.30. The Balaban J connectivity index is 2.08. The molecule has 0 radical (unpaired) electrons. The lowest BCUT2D eigenvalue weighted by Crippen LogP contribution is -2.45. The first-order valence-corrected chi connectivity index (χ1v) is 6.59. The number of carboxylic acids is 1. The van der Waals surface area contributed by atoms with Gasteiger partial charge in [-0.25, -0.2) is 4.79 Å². The molecule has 0 aromatic carbocycles. The lowest BCUT2D eigenvalue weighted by molar-refractivity contribution is -0.150. The van der Waals surface area contributed by atoms with Crippen molar-refractivity contribution >= 4 is 11.9 Å². The molecule has 0 bridgehead atoms. The van der Waals surface area contributed by atoms with Gasteiger partial charge in [0.15, 0.2) is 0 Å². The molecule has 0 aliphatic carbocycles. The Morgan fingerprint density at radius 3 is 2.68 bits per heavy atom. The SMILES string of the molecule is O=C(O)C1CCCCCN1C(=O)Cc1ccncc1. The number of hydrogen-bond donors (Lipinski definition) is 1. The van der Waals surface area contributed by atoms with E-state index < -0.39 is 12.0 Å². The van der Waals surface area contributed by atoms with Gasteiger partial charge in [0.05, 0.1) is 6.42 Å². The second-order valence-electron chi connectivity index (χ2n) is 4.82. The first kappa shape index (κ1) is 13.5. The normalized spacial score (nSPS) is 19.8. The summed E-state index contributed by atoms with van der Waals surface area (Å²) in [5, 5.41) is 9.24. The molecule has 2 heterocycles. The molecule has 102 valence electrons. The molecule has 19 heavy (non-hydrogen) atoms. The largest absolute Gasteiger partial charge is 0.480 e. The van der Waals surface area contributed by atoms with E-state index in [9.17, 15) is 14.7 Å². The third kappa shape index (κ3) is 3.53. The molecule has 0 spiro atoms. The molecule has 1 saturated heterocycles. The van der Waals surface area contributed by atoms with Gasteiger partial charge in [0, 0.05) is 18.9 Å². The van der Waals surface area contributed by atoms with Gasteiger partial charge < -0.3 is 10.0 Å². The molecule has 1 fully saturated rings. The molecule has 1 aromatic heterocycles. The minimum Gasteiger partial charge on any atom is -0.480 e. The Kier molecular flexibility index (Phi) is 4.49. The summed E-state index contributed by atoms with van der Waals surface area (Å²) in [7, 11) is 0. The quantitative estimate of drug-likeness (QED) is 0.895. The number of amides is 1. The molecule has 1 atom stereocenters. The molecule has 1 aromatic rings. The molecule has 1 N–H and O–H groups in total. The molecular weight excluding hydrogens is 244 g/mol. The van der Waals surface area contributed by atoms with Gasteiger partial charge in [0.2, 0.25) is 5.91 Å². The average Bonchev–Trinajstić information content (AvgIpc) is 2.65. The second-order valence-corrected chi connectivity index (χ2v) is 4.82. The van der Waals surface area contributed by atoms with Crippen molar-refractivity contribution in [1.82, 2.24) is 9.88 Å². The topological polar surface area (TPSA) is 70.5 Å². The van der Waals surface area contributed by atoms with Crippen molar-refractivity contribution in [1.29, 1.82) is 0 Å². The van der Waals surface area contributed by atoms with Crippen LogP contribution in [0.1, 0.15) is 31.2 Å². The van der Waals surface area contributed by atoms with Crippen molar-refractivity contribution < 1.29 is 14.7 Å². The summed E-state index contributed by atoms with van der Waals surface area (Å²) in [6.45, 7) is 0.543. The Morgan fingerprint density at radius 2 is 2.00 bits per heavy atom. The lowest BCUT2D eigenvalue weighted by atomic mass is 10.1. The average molecular weight is 262 g/mol. The molecule has 1 unspecified atom stereocenters. The number of carboxylic acid groups (broad SMARTS) is 1. The van der Waals surface area contributed by atoms with Gasteiger partial charge in [-0.2, -0.15) is 0 Å². The van der Waals surface area contributed by atoms with Crippen LogP contribution >= 0.6 is 0 Å². The smallest absolute Gasteiger partial charge is 0.326 e. The summed E-state index contributed by atoms with van der Waals surface area (Å²) in [5.74, 6) is -1.01. The van der Waals surface area contributed by atoms with Crippen molar-refractivity contribution in [3.8, 4) is 0 Å². The first-order chi connectivity index (χ1) is 9.18. The molecule has 5 nitrogen and oxygen atoms in total. The van der Waals surface area contributed by atoms with Crippen molar-refractivity contribution in [2.45, 2.75) is 38.1 Å². The van der Waals surface area contributed by atoms with Crippen LogP contribution in [-0.2, 0) is 16.0 Å².